The maximum Gasteiger partial charge on any atom is 0.227 e. The van der Waals surface area contributed by atoms with E-state index in [1.807, 2.05) is 0 Å². The Balaban J connectivity index is 2.06. The van der Waals surface area contributed by atoms with E-state index in [0.29, 0.717) is 5.56 Å². The van der Waals surface area contributed by atoms with Crippen LogP contribution in [0.15, 0.2) is 48.5 Å². The minimum atomic E-state index is -1.34. The lowest BCUT2D eigenvalue weighted by Gasteiger charge is -2.23. The van der Waals surface area contributed by atoms with E-state index >= 15 is 0 Å². The number of amides is 1. The van der Waals surface area contributed by atoms with Crippen LogP contribution < -0.4 is 5.32 Å². The van der Waals surface area contributed by atoms with E-state index in [2.05, 4.69) is 5.32 Å². The third-order valence-electron chi connectivity index (χ3n) is 3.10. The van der Waals surface area contributed by atoms with Crippen LogP contribution in [0.25, 0.3) is 0 Å². The standard InChI is InChI=1S/C16H15F2NO2/c1-16(21,11-5-3-2-4-6-11)10-15(20)19-12-7-8-13(17)14(18)9-12/h2-9,21H,10H2,1H3,(H,19,20). The molecule has 2 aromatic carbocycles. The van der Waals surface area contributed by atoms with Crippen LogP contribution in [0.3, 0.4) is 0 Å². The number of nitrogens with one attached hydrogen (secondary N) is 1. The largest absolute Gasteiger partial charge is 0.385 e. The van der Waals surface area contributed by atoms with Crippen LogP contribution in [0.2, 0.25) is 0 Å². The fourth-order valence-electron chi connectivity index (χ4n) is 1.99. The van der Waals surface area contributed by atoms with Crippen molar-refractivity contribution in [3.8, 4) is 0 Å². The highest BCUT2D eigenvalue weighted by Gasteiger charge is 2.26. The van der Waals surface area contributed by atoms with Gasteiger partial charge in [-0.1, -0.05) is 30.3 Å². The molecule has 3 nitrogen and oxygen atoms in total. The summed E-state index contributed by atoms with van der Waals surface area (Å²) in [5.74, 6) is -2.51. The SMILES string of the molecule is CC(O)(CC(=O)Nc1ccc(F)c(F)c1)c1ccccc1. The van der Waals surface area contributed by atoms with Crippen molar-refractivity contribution in [3.05, 3.63) is 65.7 Å². The van der Waals surface area contributed by atoms with Gasteiger partial charge in [0.05, 0.1) is 12.0 Å². The van der Waals surface area contributed by atoms with Crippen LogP contribution in [0.4, 0.5) is 14.5 Å². The second-order valence-electron chi connectivity index (χ2n) is 4.99. The molecule has 0 fully saturated rings. The summed E-state index contributed by atoms with van der Waals surface area (Å²) in [5, 5.41) is 12.8. The van der Waals surface area contributed by atoms with E-state index < -0.39 is 23.1 Å². The number of halogens is 2. The predicted octanol–water partition coefficient (Wildman–Crippen LogP) is 3.20. The normalized spacial score (nSPS) is 13.5. The lowest BCUT2D eigenvalue weighted by molar-refractivity contribution is -0.120. The summed E-state index contributed by atoms with van der Waals surface area (Å²) >= 11 is 0. The van der Waals surface area contributed by atoms with Crippen molar-refractivity contribution in [2.45, 2.75) is 18.9 Å². The summed E-state index contributed by atoms with van der Waals surface area (Å²) in [5.41, 5.74) is -0.600. The number of anilines is 1. The van der Waals surface area contributed by atoms with Gasteiger partial charge < -0.3 is 10.4 Å². The van der Waals surface area contributed by atoms with Crippen molar-refractivity contribution in [1.29, 1.82) is 0 Å². The van der Waals surface area contributed by atoms with Gasteiger partial charge >= 0.3 is 0 Å². The van der Waals surface area contributed by atoms with E-state index in [1.54, 1.807) is 30.3 Å². The Labute approximate surface area is 121 Å². The summed E-state index contributed by atoms with van der Waals surface area (Å²) in [6.07, 6.45) is -0.198. The molecular formula is C16H15F2NO2. The van der Waals surface area contributed by atoms with Gasteiger partial charge in [-0.15, -0.1) is 0 Å². The number of aliphatic hydroxyl groups is 1. The van der Waals surface area contributed by atoms with E-state index in [4.69, 9.17) is 0 Å². The van der Waals surface area contributed by atoms with Gasteiger partial charge in [-0.3, -0.25) is 4.79 Å². The molecule has 2 N–H and O–H groups in total. The van der Waals surface area contributed by atoms with E-state index in [1.165, 1.54) is 13.0 Å². The molecule has 1 atom stereocenters. The Bertz CT molecular complexity index is 642. The summed E-state index contributed by atoms with van der Waals surface area (Å²) in [7, 11) is 0. The van der Waals surface area contributed by atoms with Crippen molar-refractivity contribution in [2.75, 3.05) is 5.32 Å². The first-order valence-corrected chi connectivity index (χ1v) is 6.41. The van der Waals surface area contributed by atoms with Gasteiger partial charge in [-0.05, 0) is 24.6 Å². The Morgan fingerprint density at radius 3 is 2.43 bits per heavy atom. The number of hydrogen-bond acceptors (Lipinski definition) is 2. The minimum Gasteiger partial charge on any atom is -0.385 e. The molecule has 5 heteroatoms. The quantitative estimate of drug-likeness (QED) is 0.909. The summed E-state index contributed by atoms with van der Waals surface area (Å²) in [4.78, 5) is 11.9. The molecule has 1 amide bonds. The first-order valence-electron chi connectivity index (χ1n) is 6.41. The zero-order valence-corrected chi connectivity index (χ0v) is 11.4. The van der Waals surface area contributed by atoms with Crippen molar-refractivity contribution in [1.82, 2.24) is 0 Å². The highest BCUT2D eigenvalue weighted by Crippen LogP contribution is 2.25. The van der Waals surface area contributed by atoms with Gasteiger partial charge in [-0.25, -0.2) is 8.78 Å². The van der Waals surface area contributed by atoms with Crippen LogP contribution in [-0.2, 0) is 10.4 Å². The Hall–Kier alpha value is -2.27. The molecule has 0 radical (unpaired) electrons. The van der Waals surface area contributed by atoms with Crippen LogP contribution in [0, 0.1) is 11.6 Å². The minimum absolute atomic E-state index is 0.141. The third kappa shape index (κ3) is 3.86. The Kier molecular flexibility index (Phi) is 4.33. The van der Waals surface area contributed by atoms with Crippen LogP contribution in [-0.4, -0.2) is 11.0 Å². The van der Waals surface area contributed by atoms with E-state index in [9.17, 15) is 18.7 Å². The molecular weight excluding hydrogens is 276 g/mol. The molecule has 1 unspecified atom stereocenters. The van der Waals surface area contributed by atoms with Crippen LogP contribution in [0.5, 0.6) is 0 Å². The van der Waals surface area contributed by atoms with Gasteiger partial charge in [0.1, 0.15) is 0 Å². The molecule has 2 rings (SSSR count). The highest BCUT2D eigenvalue weighted by atomic mass is 19.2. The lowest BCUT2D eigenvalue weighted by Crippen LogP contribution is -2.28. The second-order valence-corrected chi connectivity index (χ2v) is 4.99. The van der Waals surface area contributed by atoms with Crippen molar-refractivity contribution >= 4 is 11.6 Å². The summed E-state index contributed by atoms with van der Waals surface area (Å²) in [6.45, 7) is 1.52. The number of rotatable bonds is 4. The van der Waals surface area contributed by atoms with Crippen molar-refractivity contribution in [2.24, 2.45) is 0 Å². The fourth-order valence-corrected chi connectivity index (χ4v) is 1.99. The number of benzene rings is 2. The number of hydrogen-bond donors (Lipinski definition) is 2. The summed E-state index contributed by atoms with van der Waals surface area (Å²) < 4.78 is 25.9. The Morgan fingerprint density at radius 1 is 1.14 bits per heavy atom. The summed E-state index contributed by atoms with van der Waals surface area (Å²) in [6, 6.07) is 11.8. The first kappa shape index (κ1) is 15.1. The molecule has 0 aliphatic heterocycles. The first-order chi connectivity index (χ1) is 9.88. The van der Waals surface area contributed by atoms with Crippen molar-refractivity contribution < 1.29 is 18.7 Å². The average molecular weight is 291 g/mol. The molecule has 0 aromatic heterocycles. The highest BCUT2D eigenvalue weighted by molar-refractivity contribution is 5.91. The monoisotopic (exact) mass is 291 g/mol. The topological polar surface area (TPSA) is 49.3 Å². The van der Waals surface area contributed by atoms with Gasteiger partial charge in [-0.2, -0.15) is 0 Å². The molecule has 110 valence electrons. The van der Waals surface area contributed by atoms with E-state index in [-0.39, 0.29) is 12.1 Å². The zero-order chi connectivity index (χ0) is 15.5. The molecule has 21 heavy (non-hydrogen) atoms. The van der Waals surface area contributed by atoms with Gasteiger partial charge in [0.2, 0.25) is 5.91 Å². The molecule has 0 aliphatic carbocycles. The zero-order valence-electron chi connectivity index (χ0n) is 11.4. The van der Waals surface area contributed by atoms with Gasteiger partial charge in [0.15, 0.2) is 11.6 Å². The van der Waals surface area contributed by atoms with E-state index in [0.717, 1.165) is 12.1 Å². The van der Waals surface area contributed by atoms with Gasteiger partial charge in [0.25, 0.3) is 0 Å². The third-order valence-corrected chi connectivity index (χ3v) is 3.10. The molecule has 0 saturated heterocycles. The molecule has 0 bridgehead atoms. The predicted molar refractivity (Wildman–Crippen MR) is 75.6 cm³/mol. The lowest BCUT2D eigenvalue weighted by atomic mass is 9.92. The van der Waals surface area contributed by atoms with Gasteiger partial charge in [0, 0.05) is 11.8 Å². The molecule has 0 heterocycles. The van der Waals surface area contributed by atoms with Crippen LogP contribution >= 0.6 is 0 Å². The smallest absolute Gasteiger partial charge is 0.227 e. The number of carbonyl (C=O) groups is 1. The molecule has 0 aliphatic rings. The average Bonchev–Trinajstić information content (AvgIpc) is 2.43. The maximum atomic E-state index is 13.1. The molecule has 0 saturated carbocycles. The molecule has 2 aromatic rings. The number of carbonyl (C=O) groups excluding carboxylic acids is 1. The Morgan fingerprint density at radius 2 is 1.81 bits per heavy atom. The second kappa shape index (κ2) is 6.01. The fraction of sp³-hybridized carbons (Fsp3) is 0.188. The maximum absolute atomic E-state index is 13.1. The van der Waals surface area contributed by atoms with Crippen molar-refractivity contribution in [3.63, 3.8) is 0 Å². The van der Waals surface area contributed by atoms with Crippen LogP contribution in [0.1, 0.15) is 18.9 Å². The molecule has 0 spiro atoms.